The normalized spacial score (nSPS) is 9.47. The van der Waals surface area contributed by atoms with Gasteiger partial charge in [-0.1, -0.05) is 18.5 Å². The predicted octanol–water partition coefficient (Wildman–Crippen LogP) is 1.80. The van der Waals surface area contributed by atoms with E-state index in [0.717, 1.165) is 0 Å². The van der Waals surface area contributed by atoms with Crippen LogP contribution in [0.1, 0.15) is 18.1 Å². The van der Waals surface area contributed by atoms with Crippen molar-refractivity contribution < 1.29 is 14.7 Å². The van der Waals surface area contributed by atoms with Crippen molar-refractivity contribution in [3.63, 3.8) is 0 Å². The summed E-state index contributed by atoms with van der Waals surface area (Å²) in [6, 6.07) is 4.88. The Kier molecular flexibility index (Phi) is 4.07. The largest absolute Gasteiger partial charge is 0.474 e. The lowest BCUT2D eigenvalue weighted by atomic mass is 10.0. The summed E-state index contributed by atoms with van der Waals surface area (Å²) in [5.41, 5.74) is 0.997. The van der Waals surface area contributed by atoms with Crippen molar-refractivity contribution in [3.8, 4) is 6.07 Å². The number of aliphatic carboxylic acids is 1. The summed E-state index contributed by atoms with van der Waals surface area (Å²) in [5, 5.41) is 19.9. The monoisotopic (exact) mass is 252 g/mol. The molecule has 1 aromatic carbocycles. The first-order valence-corrected chi connectivity index (χ1v) is 5.14. The lowest BCUT2D eigenvalue weighted by Crippen LogP contribution is -2.22. The molecule has 0 aliphatic heterocycles. The summed E-state index contributed by atoms with van der Waals surface area (Å²) in [6.45, 7) is 1.83. The fraction of sp³-hybridized carbons (Fsp3) is 0.182. The lowest BCUT2D eigenvalue weighted by molar-refractivity contribution is -0.147. The van der Waals surface area contributed by atoms with E-state index in [0.29, 0.717) is 17.0 Å². The average molecular weight is 253 g/mol. The maximum Gasteiger partial charge on any atom is 0.394 e. The minimum Gasteiger partial charge on any atom is -0.474 e. The zero-order chi connectivity index (χ0) is 13.0. The van der Waals surface area contributed by atoms with Gasteiger partial charge in [-0.3, -0.25) is 4.79 Å². The smallest absolute Gasteiger partial charge is 0.394 e. The molecule has 17 heavy (non-hydrogen) atoms. The van der Waals surface area contributed by atoms with Crippen LogP contribution in [0.15, 0.2) is 12.1 Å². The number of nitrogens with one attached hydrogen (secondary N) is 1. The molecule has 5 nitrogen and oxygen atoms in total. The predicted molar refractivity (Wildman–Crippen MR) is 61.8 cm³/mol. The number of carboxylic acid groups (broad SMARTS) is 1. The summed E-state index contributed by atoms with van der Waals surface area (Å²) >= 11 is 5.81. The van der Waals surface area contributed by atoms with E-state index in [9.17, 15) is 9.59 Å². The third-order valence-corrected chi connectivity index (χ3v) is 2.34. The highest BCUT2D eigenvalue weighted by Gasteiger charge is 2.16. The van der Waals surface area contributed by atoms with Crippen molar-refractivity contribution >= 4 is 29.2 Å². The van der Waals surface area contributed by atoms with Crippen LogP contribution >= 0.6 is 11.6 Å². The Morgan fingerprint density at radius 1 is 1.53 bits per heavy atom. The molecule has 0 atom stereocenters. The molecule has 0 aromatic heterocycles. The molecule has 6 heteroatoms. The molecule has 2 N–H and O–H groups in total. The number of carbonyl (C=O) groups is 2. The number of hydrogen-bond donors (Lipinski definition) is 2. The number of carboxylic acids is 1. The molecule has 1 aromatic rings. The van der Waals surface area contributed by atoms with E-state index in [1.807, 2.05) is 13.0 Å². The third kappa shape index (κ3) is 2.95. The lowest BCUT2D eigenvalue weighted by Gasteiger charge is -2.09. The van der Waals surface area contributed by atoms with Crippen molar-refractivity contribution in [3.05, 3.63) is 28.3 Å². The number of hydrogen-bond acceptors (Lipinski definition) is 3. The maximum atomic E-state index is 11.0. The molecular formula is C11H9ClN2O3. The van der Waals surface area contributed by atoms with Crippen molar-refractivity contribution in [1.29, 1.82) is 5.26 Å². The van der Waals surface area contributed by atoms with Crippen LogP contribution in [0.4, 0.5) is 5.69 Å². The molecule has 0 fully saturated rings. The molecule has 0 aliphatic carbocycles. The molecule has 88 valence electrons. The van der Waals surface area contributed by atoms with Gasteiger partial charge in [-0.25, -0.2) is 4.79 Å². The van der Waals surface area contributed by atoms with E-state index >= 15 is 0 Å². The molecule has 1 rings (SSSR count). The molecular weight excluding hydrogens is 244 g/mol. The summed E-state index contributed by atoms with van der Waals surface area (Å²) in [5.74, 6) is -2.82. The Bertz CT molecular complexity index is 520. The number of anilines is 1. The van der Waals surface area contributed by atoms with Gasteiger partial charge in [0.15, 0.2) is 0 Å². The highest BCUT2D eigenvalue weighted by atomic mass is 35.5. The summed E-state index contributed by atoms with van der Waals surface area (Å²) in [6.07, 6.45) is 0.555. The van der Waals surface area contributed by atoms with Crippen LogP contribution in [0.3, 0.4) is 0 Å². The summed E-state index contributed by atoms with van der Waals surface area (Å²) < 4.78 is 0. The van der Waals surface area contributed by atoms with E-state index < -0.39 is 11.9 Å². The quantitative estimate of drug-likeness (QED) is 0.785. The fourth-order valence-electron chi connectivity index (χ4n) is 1.35. The van der Waals surface area contributed by atoms with Crippen LogP contribution in [-0.4, -0.2) is 17.0 Å². The van der Waals surface area contributed by atoms with Crippen LogP contribution in [0, 0.1) is 11.3 Å². The first-order chi connectivity index (χ1) is 7.99. The van der Waals surface area contributed by atoms with E-state index in [2.05, 4.69) is 5.32 Å². The van der Waals surface area contributed by atoms with Gasteiger partial charge in [0, 0.05) is 5.02 Å². The van der Waals surface area contributed by atoms with Crippen LogP contribution in [0.25, 0.3) is 0 Å². The van der Waals surface area contributed by atoms with Gasteiger partial charge < -0.3 is 10.4 Å². The number of rotatable bonds is 2. The number of nitrogens with zero attached hydrogens (tertiary/aromatic N) is 1. The minimum absolute atomic E-state index is 0.115. The van der Waals surface area contributed by atoms with E-state index in [1.54, 1.807) is 6.07 Å². The molecule has 0 heterocycles. The Balaban J connectivity index is 3.23. The maximum absolute atomic E-state index is 11.0. The number of nitriles is 1. The Morgan fingerprint density at radius 2 is 2.18 bits per heavy atom. The van der Waals surface area contributed by atoms with Gasteiger partial charge in [-0.2, -0.15) is 5.26 Å². The van der Waals surface area contributed by atoms with Gasteiger partial charge in [0.05, 0.1) is 11.3 Å². The van der Waals surface area contributed by atoms with Crippen molar-refractivity contribution in [1.82, 2.24) is 0 Å². The first kappa shape index (κ1) is 13.0. The number of carbonyl (C=O) groups excluding carboxylic acids is 1. The highest BCUT2D eigenvalue weighted by molar-refractivity contribution is 6.37. The third-order valence-electron chi connectivity index (χ3n) is 2.12. The second-order valence-corrected chi connectivity index (χ2v) is 3.65. The molecule has 0 saturated carbocycles. The number of benzene rings is 1. The molecule has 0 unspecified atom stereocenters. The van der Waals surface area contributed by atoms with E-state index in [-0.39, 0.29) is 11.3 Å². The van der Waals surface area contributed by atoms with Gasteiger partial charge in [0.1, 0.15) is 6.07 Å². The second kappa shape index (κ2) is 5.32. The summed E-state index contributed by atoms with van der Waals surface area (Å²) in [4.78, 5) is 21.4. The van der Waals surface area contributed by atoms with Gasteiger partial charge in [0.2, 0.25) is 0 Å². The first-order valence-electron chi connectivity index (χ1n) is 4.76. The van der Waals surface area contributed by atoms with E-state index in [1.165, 1.54) is 6.07 Å². The molecule has 0 aliphatic rings. The summed E-state index contributed by atoms with van der Waals surface area (Å²) in [7, 11) is 0. The van der Waals surface area contributed by atoms with Gasteiger partial charge in [-0.05, 0) is 24.1 Å². The molecule has 0 saturated heterocycles. The minimum atomic E-state index is -1.62. The van der Waals surface area contributed by atoms with Gasteiger partial charge >= 0.3 is 11.9 Å². The number of aryl methyl sites for hydroxylation is 1. The SMILES string of the molecule is CCc1cc(Cl)cc(NC(=O)C(=O)O)c1C#N. The highest BCUT2D eigenvalue weighted by Crippen LogP contribution is 2.25. The second-order valence-electron chi connectivity index (χ2n) is 3.21. The van der Waals surface area contributed by atoms with E-state index in [4.69, 9.17) is 22.0 Å². The Labute approximate surface area is 103 Å². The topological polar surface area (TPSA) is 90.2 Å². The molecule has 1 amide bonds. The van der Waals surface area contributed by atoms with Crippen LogP contribution in [0.2, 0.25) is 5.02 Å². The van der Waals surface area contributed by atoms with Crippen LogP contribution < -0.4 is 5.32 Å². The number of halogens is 1. The van der Waals surface area contributed by atoms with Crippen molar-refractivity contribution in [2.75, 3.05) is 5.32 Å². The molecule has 0 bridgehead atoms. The Morgan fingerprint density at radius 3 is 2.65 bits per heavy atom. The van der Waals surface area contributed by atoms with Gasteiger partial charge in [-0.15, -0.1) is 0 Å². The van der Waals surface area contributed by atoms with Crippen LogP contribution in [-0.2, 0) is 16.0 Å². The molecule has 0 radical (unpaired) electrons. The Hall–Kier alpha value is -2.06. The fourth-order valence-corrected chi connectivity index (χ4v) is 1.59. The molecule has 0 spiro atoms. The van der Waals surface area contributed by atoms with Gasteiger partial charge in [0.25, 0.3) is 0 Å². The van der Waals surface area contributed by atoms with Crippen LogP contribution in [0.5, 0.6) is 0 Å². The van der Waals surface area contributed by atoms with Crippen molar-refractivity contribution in [2.45, 2.75) is 13.3 Å². The zero-order valence-corrected chi connectivity index (χ0v) is 9.71. The number of amides is 1. The van der Waals surface area contributed by atoms with Crippen molar-refractivity contribution in [2.24, 2.45) is 0 Å². The zero-order valence-electron chi connectivity index (χ0n) is 8.95. The standard InChI is InChI=1S/C11H9ClN2O3/c1-2-6-3-7(12)4-9(8(6)5-13)14-10(15)11(16)17/h3-4H,2H2,1H3,(H,14,15)(H,16,17). The average Bonchev–Trinajstić information content (AvgIpc) is 2.27.